The predicted molar refractivity (Wildman–Crippen MR) is 101 cm³/mol. The third kappa shape index (κ3) is 3.33. The number of piperazine rings is 1. The summed E-state index contributed by atoms with van der Waals surface area (Å²) in [5.74, 6) is -0.103. The molecular weight excluding hydrogens is 326 g/mol. The second kappa shape index (κ2) is 7.04. The van der Waals surface area contributed by atoms with Crippen molar-refractivity contribution in [3.8, 4) is 0 Å². The molecule has 1 aromatic heterocycles. The summed E-state index contributed by atoms with van der Waals surface area (Å²) in [5, 5.41) is 1.00. The molecular formula is C21H21N3O2. The van der Waals surface area contributed by atoms with Crippen molar-refractivity contribution < 1.29 is 9.59 Å². The van der Waals surface area contributed by atoms with Gasteiger partial charge in [-0.3, -0.25) is 9.59 Å². The normalized spacial score (nSPS) is 14.8. The number of carbonyl (C=O) groups is 2. The molecule has 2 heterocycles. The van der Waals surface area contributed by atoms with Gasteiger partial charge in [0.2, 0.25) is 5.91 Å². The van der Waals surface area contributed by atoms with Crippen molar-refractivity contribution in [1.82, 2.24) is 14.8 Å². The van der Waals surface area contributed by atoms with Crippen molar-refractivity contribution in [1.29, 1.82) is 0 Å². The van der Waals surface area contributed by atoms with E-state index >= 15 is 0 Å². The molecule has 2 aromatic carbocycles. The van der Waals surface area contributed by atoms with Crippen molar-refractivity contribution in [3.05, 3.63) is 71.9 Å². The van der Waals surface area contributed by atoms with Crippen LogP contribution in [0.3, 0.4) is 0 Å². The van der Waals surface area contributed by atoms with Gasteiger partial charge in [-0.2, -0.15) is 0 Å². The van der Waals surface area contributed by atoms with E-state index < -0.39 is 0 Å². The molecule has 0 aliphatic carbocycles. The number of carbonyl (C=O) groups excluding carboxylic acids is 2. The number of para-hydroxylation sites is 1. The molecule has 5 heteroatoms. The Bertz CT molecular complexity index is 900. The van der Waals surface area contributed by atoms with Crippen LogP contribution < -0.4 is 0 Å². The number of benzene rings is 2. The molecule has 0 bridgehead atoms. The molecule has 0 atom stereocenters. The van der Waals surface area contributed by atoms with Crippen LogP contribution in [0.2, 0.25) is 0 Å². The second-order valence-corrected chi connectivity index (χ2v) is 6.61. The first kappa shape index (κ1) is 16.4. The quantitative estimate of drug-likeness (QED) is 0.789. The van der Waals surface area contributed by atoms with Crippen LogP contribution in [0.15, 0.2) is 60.7 Å². The smallest absolute Gasteiger partial charge is 0.270 e. The summed E-state index contributed by atoms with van der Waals surface area (Å²) >= 11 is 0. The fraction of sp³-hybridized carbons (Fsp3) is 0.238. The Labute approximate surface area is 152 Å². The molecule has 4 rings (SSSR count). The lowest BCUT2D eigenvalue weighted by Crippen LogP contribution is -2.52. The van der Waals surface area contributed by atoms with E-state index in [2.05, 4.69) is 17.1 Å². The molecule has 1 aliphatic heterocycles. The largest absolute Gasteiger partial charge is 0.351 e. The van der Waals surface area contributed by atoms with Crippen LogP contribution in [0.5, 0.6) is 0 Å². The van der Waals surface area contributed by atoms with Gasteiger partial charge in [0.15, 0.2) is 0 Å². The highest BCUT2D eigenvalue weighted by atomic mass is 16.2. The topological polar surface area (TPSA) is 56.4 Å². The lowest BCUT2D eigenvalue weighted by molar-refractivity contribution is -0.134. The molecule has 3 aromatic rings. The van der Waals surface area contributed by atoms with Gasteiger partial charge in [0, 0.05) is 30.5 Å². The standard InChI is InChI=1S/C21H21N3O2/c25-20-15-24(13-12-23(20)11-10-16-6-2-1-3-7-16)21(26)19-14-17-8-4-5-9-18(17)22-19/h1-9,14,22H,10-13,15H2. The van der Waals surface area contributed by atoms with Gasteiger partial charge < -0.3 is 14.8 Å². The van der Waals surface area contributed by atoms with Crippen molar-refractivity contribution >= 4 is 22.7 Å². The number of nitrogens with one attached hydrogen (secondary N) is 1. The summed E-state index contributed by atoms with van der Waals surface area (Å²) in [6.45, 7) is 1.98. The third-order valence-corrected chi connectivity index (χ3v) is 4.88. The first-order valence-electron chi connectivity index (χ1n) is 8.89. The number of aromatic nitrogens is 1. The Balaban J connectivity index is 1.38. The van der Waals surface area contributed by atoms with E-state index in [1.54, 1.807) is 4.90 Å². The highest BCUT2D eigenvalue weighted by Crippen LogP contribution is 2.17. The number of hydrogen-bond acceptors (Lipinski definition) is 2. The molecule has 1 N–H and O–H groups in total. The zero-order valence-electron chi connectivity index (χ0n) is 14.5. The maximum absolute atomic E-state index is 12.7. The van der Waals surface area contributed by atoms with Crippen LogP contribution in [-0.2, 0) is 11.2 Å². The number of fused-ring (bicyclic) bond motifs is 1. The third-order valence-electron chi connectivity index (χ3n) is 4.88. The molecule has 2 amide bonds. The van der Waals surface area contributed by atoms with Gasteiger partial charge in [0.25, 0.3) is 5.91 Å². The number of nitrogens with zero attached hydrogens (tertiary/aromatic N) is 2. The van der Waals surface area contributed by atoms with E-state index in [0.29, 0.717) is 25.3 Å². The Morgan fingerprint density at radius 1 is 1.00 bits per heavy atom. The average Bonchev–Trinajstić information content (AvgIpc) is 3.11. The molecule has 0 saturated carbocycles. The van der Waals surface area contributed by atoms with Crippen LogP contribution in [0, 0.1) is 0 Å². The number of H-pyrrole nitrogens is 1. The SMILES string of the molecule is O=C1CN(C(=O)c2cc3ccccc3[nH]2)CCN1CCc1ccccc1. The number of aromatic amines is 1. The van der Waals surface area contributed by atoms with Crippen LogP contribution in [0.1, 0.15) is 16.1 Å². The van der Waals surface area contributed by atoms with E-state index in [-0.39, 0.29) is 18.4 Å². The Morgan fingerprint density at radius 3 is 2.54 bits per heavy atom. The predicted octanol–water partition coefficient (Wildman–Crippen LogP) is 2.70. The molecule has 132 valence electrons. The van der Waals surface area contributed by atoms with Crippen molar-refractivity contribution in [2.45, 2.75) is 6.42 Å². The number of hydrogen-bond donors (Lipinski definition) is 1. The van der Waals surface area contributed by atoms with E-state index in [9.17, 15) is 9.59 Å². The Kier molecular flexibility index (Phi) is 4.44. The minimum atomic E-state index is -0.114. The van der Waals surface area contributed by atoms with E-state index in [1.165, 1.54) is 5.56 Å². The maximum Gasteiger partial charge on any atom is 0.270 e. The summed E-state index contributed by atoms with van der Waals surface area (Å²) in [6.07, 6.45) is 0.836. The average molecular weight is 347 g/mol. The van der Waals surface area contributed by atoms with Gasteiger partial charge in [-0.1, -0.05) is 48.5 Å². The molecule has 1 aliphatic rings. The van der Waals surface area contributed by atoms with Crippen LogP contribution >= 0.6 is 0 Å². The van der Waals surface area contributed by atoms with E-state index in [0.717, 1.165) is 17.3 Å². The minimum Gasteiger partial charge on any atom is -0.351 e. The highest BCUT2D eigenvalue weighted by molar-refractivity contribution is 5.99. The molecule has 0 radical (unpaired) electrons. The zero-order chi connectivity index (χ0) is 17.9. The molecule has 0 spiro atoms. The van der Waals surface area contributed by atoms with E-state index in [1.807, 2.05) is 53.4 Å². The zero-order valence-corrected chi connectivity index (χ0v) is 14.5. The van der Waals surface area contributed by atoms with Crippen molar-refractivity contribution in [3.63, 3.8) is 0 Å². The molecule has 0 unspecified atom stereocenters. The van der Waals surface area contributed by atoms with Gasteiger partial charge in [0.1, 0.15) is 12.2 Å². The fourth-order valence-corrected chi connectivity index (χ4v) is 3.39. The van der Waals surface area contributed by atoms with Gasteiger partial charge in [-0.25, -0.2) is 0 Å². The first-order chi connectivity index (χ1) is 12.7. The lowest BCUT2D eigenvalue weighted by atomic mass is 10.1. The number of amides is 2. The molecule has 1 fully saturated rings. The van der Waals surface area contributed by atoms with Crippen LogP contribution in [0.25, 0.3) is 10.9 Å². The van der Waals surface area contributed by atoms with E-state index in [4.69, 9.17) is 0 Å². The van der Waals surface area contributed by atoms with Gasteiger partial charge >= 0.3 is 0 Å². The summed E-state index contributed by atoms with van der Waals surface area (Å²) in [4.78, 5) is 31.8. The molecule has 26 heavy (non-hydrogen) atoms. The fourth-order valence-electron chi connectivity index (χ4n) is 3.39. The Hall–Kier alpha value is -3.08. The van der Waals surface area contributed by atoms with Crippen LogP contribution in [-0.4, -0.2) is 52.8 Å². The van der Waals surface area contributed by atoms with Crippen LogP contribution in [0.4, 0.5) is 0 Å². The minimum absolute atomic E-state index is 0.0108. The van der Waals surface area contributed by atoms with Gasteiger partial charge in [0.05, 0.1) is 0 Å². The lowest BCUT2D eigenvalue weighted by Gasteiger charge is -2.34. The highest BCUT2D eigenvalue weighted by Gasteiger charge is 2.28. The molecule has 1 saturated heterocycles. The van der Waals surface area contributed by atoms with Gasteiger partial charge in [-0.05, 0) is 24.1 Å². The second-order valence-electron chi connectivity index (χ2n) is 6.61. The summed E-state index contributed by atoms with van der Waals surface area (Å²) < 4.78 is 0. The van der Waals surface area contributed by atoms with Gasteiger partial charge in [-0.15, -0.1) is 0 Å². The maximum atomic E-state index is 12.7. The Morgan fingerprint density at radius 2 is 1.77 bits per heavy atom. The number of rotatable bonds is 4. The monoisotopic (exact) mass is 347 g/mol. The summed E-state index contributed by atoms with van der Waals surface area (Å²) in [7, 11) is 0. The van der Waals surface area contributed by atoms with Crippen molar-refractivity contribution in [2.75, 3.05) is 26.2 Å². The first-order valence-corrected chi connectivity index (χ1v) is 8.89. The molecule has 5 nitrogen and oxygen atoms in total. The summed E-state index contributed by atoms with van der Waals surface area (Å²) in [5.41, 5.74) is 2.69. The van der Waals surface area contributed by atoms with Crippen molar-refractivity contribution in [2.24, 2.45) is 0 Å². The summed E-state index contributed by atoms with van der Waals surface area (Å²) in [6, 6.07) is 19.8.